The van der Waals surface area contributed by atoms with Crippen LogP contribution in [0.5, 0.6) is 0 Å². The van der Waals surface area contributed by atoms with Crippen LogP contribution in [0, 0.1) is 16.7 Å². The Bertz CT molecular complexity index is 121. The van der Waals surface area contributed by atoms with Crippen molar-refractivity contribution in [3.63, 3.8) is 0 Å². The van der Waals surface area contributed by atoms with Gasteiger partial charge in [0.1, 0.15) is 0 Å². The van der Waals surface area contributed by atoms with E-state index in [2.05, 4.69) is 5.29 Å². The summed E-state index contributed by atoms with van der Waals surface area (Å²) in [6.45, 7) is 1.83. The second-order valence-electron chi connectivity index (χ2n) is 3.16. The summed E-state index contributed by atoms with van der Waals surface area (Å²) in [4.78, 5) is 10.0. The van der Waals surface area contributed by atoms with Crippen LogP contribution in [0.2, 0.25) is 0 Å². The van der Waals surface area contributed by atoms with Gasteiger partial charge in [0.2, 0.25) is 0 Å². The van der Waals surface area contributed by atoms with E-state index in [4.69, 9.17) is 0 Å². The van der Waals surface area contributed by atoms with Gasteiger partial charge in [0, 0.05) is 13.1 Å². The third-order valence-corrected chi connectivity index (χ3v) is 2.39. The molecule has 2 heterocycles. The summed E-state index contributed by atoms with van der Waals surface area (Å²) in [6.07, 6.45) is 2.68. The van der Waals surface area contributed by atoms with E-state index >= 15 is 0 Å². The molecule has 0 atom stereocenters. The predicted octanol–water partition coefficient (Wildman–Crippen LogP) is 1.01. The molecular formula is C6H10N2O. The third kappa shape index (κ3) is 0.713. The fourth-order valence-electron chi connectivity index (χ4n) is 1.91. The summed E-state index contributed by atoms with van der Waals surface area (Å²) in [5.74, 6) is 1.59. The Hall–Kier alpha value is -0.600. The first kappa shape index (κ1) is 5.21. The van der Waals surface area contributed by atoms with Crippen molar-refractivity contribution in [3.05, 3.63) is 4.91 Å². The number of hydrogen-bond donors (Lipinski definition) is 0. The molecule has 0 unspecified atom stereocenters. The molecule has 3 heteroatoms. The van der Waals surface area contributed by atoms with E-state index < -0.39 is 0 Å². The first-order chi connectivity index (χ1) is 4.38. The summed E-state index contributed by atoms with van der Waals surface area (Å²) in [7, 11) is 0. The van der Waals surface area contributed by atoms with E-state index in [1.165, 1.54) is 12.8 Å². The Balaban J connectivity index is 1.96. The average molecular weight is 126 g/mol. The first-order valence-corrected chi connectivity index (χ1v) is 3.46. The van der Waals surface area contributed by atoms with Crippen LogP contribution < -0.4 is 0 Å². The van der Waals surface area contributed by atoms with Crippen molar-refractivity contribution >= 4 is 0 Å². The van der Waals surface area contributed by atoms with Gasteiger partial charge in [0.05, 0.1) is 5.29 Å². The largest absolute Gasteiger partial charge is 0.260 e. The third-order valence-electron chi connectivity index (χ3n) is 2.39. The summed E-state index contributed by atoms with van der Waals surface area (Å²) >= 11 is 0. The van der Waals surface area contributed by atoms with Gasteiger partial charge in [-0.1, -0.05) is 0 Å². The molecule has 2 saturated heterocycles. The standard InChI is InChI=1S/C6H10N2O/c9-7-8-3-5-1-6(2-5)4-8/h5-6H,1-4H2. The van der Waals surface area contributed by atoms with Crippen molar-refractivity contribution in [1.29, 1.82) is 0 Å². The average Bonchev–Trinajstić information content (AvgIpc) is 1.87. The summed E-state index contributed by atoms with van der Waals surface area (Å²) in [6, 6.07) is 0. The topological polar surface area (TPSA) is 32.7 Å². The molecular weight excluding hydrogens is 116 g/mol. The van der Waals surface area contributed by atoms with Gasteiger partial charge in [-0.15, -0.1) is 4.91 Å². The molecule has 50 valence electrons. The Labute approximate surface area is 54.0 Å². The van der Waals surface area contributed by atoms with Gasteiger partial charge in [-0.05, 0) is 24.7 Å². The highest BCUT2D eigenvalue weighted by atomic mass is 16.3. The Morgan fingerprint density at radius 3 is 2.11 bits per heavy atom. The van der Waals surface area contributed by atoms with Crippen LogP contribution in [0.1, 0.15) is 12.8 Å². The van der Waals surface area contributed by atoms with Crippen LogP contribution in [0.4, 0.5) is 0 Å². The molecule has 2 bridgehead atoms. The van der Waals surface area contributed by atoms with Gasteiger partial charge in [-0.3, -0.25) is 5.01 Å². The summed E-state index contributed by atoms with van der Waals surface area (Å²) < 4.78 is 0. The minimum absolute atomic E-state index is 0.793. The van der Waals surface area contributed by atoms with Crippen LogP contribution in [0.3, 0.4) is 0 Å². The lowest BCUT2D eigenvalue weighted by Gasteiger charge is -2.44. The highest BCUT2D eigenvalue weighted by molar-refractivity contribution is 4.88. The van der Waals surface area contributed by atoms with E-state index in [0.717, 1.165) is 24.9 Å². The van der Waals surface area contributed by atoms with Crippen LogP contribution in [0.25, 0.3) is 0 Å². The van der Waals surface area contributed by atoms with E-state index in [-0.39, 0.29) is 0 Å². The quantitative estimate of drug-likeness (QED) is 0.491. The minimum Gasteiger partial charge on any atom is -0.260 e. The molecule has 3 aliphatic rings. The molecule has 1 saturated carbocycles. The van der Waals surface area contributed by atoms with Crippen LogP contribution in [0.15, 0.2) is 5.29 Å². The lowest BCUT2D eigenvalue weighted by Crippen LogP contribution is -2.45. The SMILES string of the molecule is O=NN1CC2CC(C2)C1. The number of nitrogens with zero attached hydrogens (tertiary/aromatic N) is 2. The van der Waals surface area contributed by atoms with E-state index in [1.807, 2.05) is 0 Å². The lowest BCUT2D eigenvalue weighted by atomic mass is 9.72. The first-order valence-electron chi connectivity index (χ1n) is 3.46. The zero-order valence-corrected chi connectivity index (χ0v) is 5.29. The molecule has 3 fully saturated rings. The summed E-state index contributed by atoms with van der Waals surface area (Å²) in [5, 5.41) is 4.57. The molecule has 2 aliphatic heterocycles. The molecule has 0 radical (unpaired) electrons. The number of nitroso groups, excluding NO2 is 1. The van der Waals surface area contributed by atoms with Gasteiger partial charge in [-0.25, -0.2) is 0 Å². The molecule has 0 aromatic carbocycles. The Morgan fingerprint density at radius 1 is 1.22 bits per heavy atom. The molecule has 0 amide bonds. The highest BCUT2D eigenvalue weighted by Crippen LogP contribution is 2.39. The number of hydrogen-bond acceptors (Lipinski definition) is 2. The minimum atomic E-state index is 0.793. The second kappa shape index (κ2) is 1.69. The molecule has 3 nitrogen and oxygen atoms in total. The van der Waals surface area contributed by atoms with Crippen molar-refractivity contribution in [3.8, 4) is 0 Å². The molecule has 0 spiro atoms. The maximum atomic E-state index is 10.0. The Morgan fingerprint density at radius 2 is 1.78 bits per heavy atom. The zero-order valence-electron chi connectivity index (χ0n) is 5.29. The number of piperidine rings is 2. The van der Waals surface area contributed by atoms with Gasteiger partial charge < -0.3 is 0 Å². The van der Waals surface area contributed by atoms with E-state index in [9.17, 15) is 4.91 Å². The van der Waals surface area contributed by atoms with Gasteiger partial charge in [0.25, 0.3) is 0 Å². The molecule has 9 heavy (non-hydrogen) atoms. The number of fused-ring (bicyclic) bond motifs is 2. The van der Waals surface area contributed by atoms with Crippen LogP contribution in [-0.2, 0) is 0 Å². The van der Waals surface area contributed by atoms with Crippen LogP contribution >= 0.6 is 0 Å². The van der Waals surface area contributed by atoms with Crippen LogP contribution in [-0.4, -0.2) is 18.1 Å². The molecule has 1 aliphatic carbocycles. The van der Waals surface area contributed by atoms with E-state index in [0.29, 0.717) is 0 Å². The molecule has 3 rings (SSSR count). The van der Waals surface area contributed by atoms with Gasteiger partial charge >= 0.3 is 0 Å². The van der Waals surface area contributed by atoms with Gasteiger partial charge in [0.15, 0.2) is 0 Å². The molecule has 0 aromatic rings. The predicted molar refractivity (Wildman–Crippen MR) is 33.6 cm³/mol. The summed E-state index contributed by atoms with van der Waals surface area (Å²) in [5.41, 5.74) is 0. The maximum Gasteiger partial charge on any atom is 0.0524 e. The second-order valence-corrected chi connectivity index (χ2v) is 3.16. The maximum absolute atomic E-state index is 10.0. The lowest BCUT2D eigenvalue weighted by molar-refractivity contribution is 0.0281. The van der Waals surface area contributed by atoms with Crippen molar-refractivity contribution < 1.29 is 0 Å². The van der Waals surface area contributed by atoms with Crippen molar-refractivity contribution in [2.24, 2.45) is 17.1 Å². The molecule has 0 N–H and O–H groups in total. The smallest absolute Gasteiger partial charge is 0.0524 e. The highest BCUT2D eigenvalue weighted by Gasteiger charge is 2.37. The fourth-order valence-corrected chi connectivity index (χ4v) is 1.91. The van der Waals surface area contributed by atoms with Crippen molar-refractivity contribution in [1.82, 2.24) is 5.01 Å². The fraction of sp³-hybridized carbons (Fsp3) is 1.00. The Kier molecular flexibility index (Phi) is 0.976. The monoisotopic (exact) mass is 126 g/mol. The zero-order chi connectivity index (χ0) is 6.27. The number of rotatable bonds is 1. The molecule has 0 aromatic heterocycles. The van der Waals surface area contributed by atoms with Crippen molar-refractivity contribution in [2.75, 3.05) is 13.1 Å². The normalized spacial score (nSPS) is 39.8. The van der Waals surface area contributed by atoms with Crippen molar-refractivity contribution in [2.45, 2.75) is 12.8 Å². The van der Waals surface area contributed by atoms with E-state index in [1.54, 1.807) is 5.01 Å². The van der Waals surface area contributed by atoms with Gasteiger partial charge in [-0.2, -0.15) is 0 Å².